The van der Waals surface area contributed by atoms with Crippen molar-refractivity contribution in [1.82, 2.24) is 10.6 Å². The van der Waals surface area contributed by atoms with E-state index in [0.29, 0.717) is 12.5 Å². The van der Waals surface area contributed by atoms with Crippen LogP contribution in [0.2, 0.25) is 0 Å². The second-order valence-corrected chi connectivity index (χ2v) is 7.71. The van der Waals surface area contributed by atoms with Crippen LogP contribution in [0.3, 0.4) is 0 Å². The van der Waals surface area contributed by atoms with Crippen LogP contribution in [0.1, 0.15) is 37.7 Å². The SMILES string of the molecule is O=C(CC1CSCCN1)NCC1(c2ccccc2)CCCC1. The van der Waals surface area contributed by atoms with E-state index in [0.717, 1.165) is 24.6 Å². The van der Waals surface area contributed by atoms with E-state index >= 15 is 0 Å². The van der Waals surface area contributed by atoms with E-state index in [-0.39, 0.29) is 11.3 Å². The molecular formula is C18H26N2OS. The lowest BCUT2D eigenvalue weighted by atomic mass is 9.79. The minimum Gasteiger partial charge on any atom is -0.355 e. The van der Waals surface area contributed by atoms with Gasteiger partial charge in [0.15, 0.2) is 0 Å². The van der Waals surface area contributed by atoms with Crippen molar-refractivity contribution in [2.45, 2.75) is 43.6 Å². The van der Waals surface area contributed by atoms with Crippen LogP contribution in [0.25, 0.3) is 0 Å². The van der Waals surface area contributed by atoms with Crippen LogP contribution >= 0.6 is 11.8 Å². The molecule has 0 bridgehead atoms. The Morgan fingerprint density at radius 1 is 1.27 bits per heavy atom. The highest BCUT2D eigenvalue weighted by Crippen LogP contribution is 2.40. The summed E-state index contributed by atoms with van der Waals surface area (Å²) in [5.41, 5.74) is 1.55. The first-order valence-electron chi connectivity index (χ1n) is 8.42. The molecule has 1 saturated heterocycles. The predicted molar refractivity (Wildman–Crippen MR) is 93.3 cm³/mol. The molecule has 1 heterocycles. The summed E-state index contributed by atoms with van der Waals surface area (Å²) in [4.78, 5) is 12.3. The molecule has 0 aromatic heterocycles. The van der Waals surface area contributed by atoms with Gasteiger partial charge in [0.1, 0.15) is 0 Å². The first-order valence-corrected chi connectivity index (χ1v) is 9.57. The fourth-order valence-electron chi connectivity index (χ4n) is 3.73. The lowest BCUT2D eigenvalue weighted by Crippen LogP contribution is -2.44. The molecule has 3 nitrogen and oxygen atoms in total. The molecule has 4 heteroatoms. The van der Waals surface area contributed by atoms with E-state index in [2.05, 4.69) is 41.0 Å². The summed E-state index contributed by atoms with van der Waals surface area (Å²) in [5.74, 6) is 2.41. The van der Waals surface area contributed by atoms with Gasteiger partial charge in [0.25, 0.3) is 0 Å². The lowest BCUT2D eigenvalue weighted by Gasteiger charge is -2.30. The number of rotatable bonds is 5. The summed E-state index contributed by atoms with van der Waals surface area (Å²) in [5, 5.41) is 6.66. The van der Waals surface area contributed by atoms with Gasteiger partial charge in [-0.05, 0) is 18.4 Å². The molecule has 1 aromatic rings. The summed E-state index contributed by atoms with van der Waals surface area (Å²) >= 11 is 1.94. The zero-order chi connectivity index (χ0) is 15.3. The van der Waals surface area contributed by atoms with Crippen LogP contribution in [0.4, 0.5) is 0 Å². The molecule has 1 atom stereocenters. The molecule has 1 aliphatic carbocycles. The first-order chi connectivity index (χ1) is 10.8. The molecule has 0 spiro atoms. The quantitative estimate of drug-likeness (QED) is 0.877. The minimum absolute atomic E-state index is 0.158. The average molecular weight is 318 g/mol. The maximum absolute atomic E-state index is 12.3. The third-order valence-corrected chi connectivity index (χ3v) is 6.13. The molecule has 1 unspecified atom stereocenters. The average Bonchev–Trinajstić information content (AvgIpc) is 3.05. The standard InChI is InChI=1S/C18H26N2OS/c21-17(12-16-13-22-11-10-19-16)20-14-18(8-4-5-9-18)15-6-2-1-3-7-15/h1-3,6-7,16,19H,4-5,8-14H2,(H,20,21). The largest absolute Gasteiger partial charge is 0.355 e. The van der Waals surface area contributed by atoms with Crippen molar-refractivity contribution in [3.8, 4) is 0 Å². The van der Waals surface area contributed by atoms with Crippen molar-refractivity contribution < 1.29 is 4.79 Å². The van der Waals surface area contributed by atoms with Gasteiger partial charge in [-0.1, -0.05) is 43.2 Å². The van der Waals surface area contributed by atoms with Gasteiger partial charge >= 0.3 is 0 Å². The van der Waals surface area contributed by atoms with Crippen LogP contribution in [-0.4, -0.2) is 36.5 Å². The van der Waals surface area contributed by atoms with Crippen molar-refractivity contribution in [2.24, 2.45) is 0 Å². The normalized spacial score (nSPS) is 24.1. The highest BCUT2D eigenvalue weighted by atomic mass is 32.2. The maximum Gasteiger partial charge on any atom is 0.221 e. The smallest absolute Gasteiger partial charge is 0.221 e. The van der Waals surface area contributed by atoms with Crippen molar-refractivity contribution in [3.63, 3.8) is 0 Å². The van der Waals surface area contributed by atoms with Crippen LogP contribution in [-0.2, 0) is 10.2 Å². The lowest BCUT2D eigenvalue weighted by molar-refractivity contribution is -0.121. The van der Waals surface area contributed by atoms with Crippen LogP contribution < -0.4 is 10.6 Å². The Morgan fingerprint density at radius 2 is 2.05 bits per heavy atom. The zero-order valence-electron chi connectivity index (χ0n) is 13.1. The summed E-state index contributed by atoms with van der Waals surface area (Å²) in [6.07, 6.45) is 5.53. The molecular weight excluding hydrogens is 292 g/mol. The second kappa shape index (κ2) is 7.51. The monoisotopic (exact) mass is 318 g/mol. The van der Waals surface area contributed by atoms with Crippen LogP contribution in [0, 0.1) is 0 Å². The minimum atomic E-state index is 0.158. The Balaban J connectivity index is 1.57. The zero-order valence-corrected chi connectivity index (χ0v) is 14.0. The topological polar surface area (TPSA) is 41.1 Å². The third kappa shape index (κ3) is 3.85. The Morgan fingerprint density at radius 3 is 2.73 bits per heavy atom. The van der Waals surface area contributed by atoms with Gasteiger partial charge in [-0.15, -0.1) is 0 Å². The number of carbonyl (C=O) groups excluding carboxylic acids is 1. The summed E-state index contributed by atoms with van der Waals surface area (Å²) < 4.78 is 0. The number of nitrogens with one attached hydrogen (secondary N) is 2. The first kappa shape index (κ1) is 15.9. The predicted octanol–water partition coefficient (Wildman–Crippen LogP) is 2.71. The van der Waals surface area contributed by atoms with Gasteiger partial charge in [0, 0.05) is 42.5 Å². The summed E-state index contributed by atoms with van der Waals surface area (Å²) in [6, 6.07) is 11.1. The second-order valence-electron chi connectivity index (χ2n) is 6.56. The van der Waals surface area contributed by atoms with Crippen molar-refractivity contribution in [2.75, 3.05) is 24.6 Å². The molecule has 1 saturated carbocycles. The highest BCUT2D eigenvalue weighted by Gasteiger charge is 2.35. The highest BCUT2D eigenvalue weighted by molar-refractivity contribution is 7.99. The van der Waals surface area contributed by atoms with E-state index in [1.165, 1.54) is 31.2 Å². The Hall–Kier alpha value is -1.00. The van der Waals surface area contributed by atoms with E-state index in [9.17, 15) is 4.79 Å². The molecule has 1 aliphatic heterocycles. The van der Waals surface area contributed by atoms with Gasteiger partial charge in [0.2, 0.25) is 5.91 Å². The van der Waals surface area contributed by atoms with Gasteiger partial charge < -0.3 is 10.6 Å². The molecule has 1 amide bonds. The fourth-order valence-corrected chi connectivity index (χ4v) is 4.67. The van der Waals surface area contributed by atoms with Crippen molar-refractivity contribution in [1.29, 1.82) is 0 Å². The molecule has 2 aliphatic rings. The molecule has 1 aromatic carbocycles. The van der Waals surface area contributed by atoms with Gasteiger partial charge in [0.05, 0.1) is 0 Å². The van der Waals surface area contributed by atoms with E-state index in [1.807, 2.05) is 11.8 Å². The fraction of sp³-hybridized carbons (Fsp3) is 0.611. The van der Waals surface area contributed by atoms with Crippen LogP contribution in [0.5, 0.6) is 0 Å². The number of carbonyl (C=O) groups is 1. The van der Waals surface area contributed by atoms with E-state index in [4.69, 9.17) is 0 Å². The summed E-state index contributed by atoms with van der Waals surface area (Å²) in [6.45, 7) is 1.81. The van der Waals surface area contributed by atoms with Gasteiger partial charge in [-0.2, -0.15) is 11.8 Å². The number of benzene rings is 1. The number of thioether (sulfide) groups is 1. The molecule has 2 fully saturated rings. The third-order valence-electron chi connectivity index (χ3n) is 5.00. The van der Waals surface area contributed by atoms with Crippen LogP contribution in [0.15, 0.2) is 30.3 Å². The molecule has 120 valence electrons. The Kier molecular flexibility index (Phi) is 5.42. The Labute approximate surface area is 137 Å². The van der Waals surface area contributed by atoms with E-state index in [1.54, 1.807) is 0 Å². The van der Waals surface area contributed by atoms with Crippen molar-refractivity contribution >= 4 is 17.7 Å². The van der Waals surface area contributed by atoms with Crippen molar-refractivity contribution in [3.05, 3.63) is 35.9 Å². The number of amides is 1. The summed E-state index contributed by atoms with van der Waals surface area (Å²) in [7, 11) is 0. The molecule has 0 radical (unpaired) electrons. The van der Waals surface area contributed by atoms with Gasteiger partial charge in [-0.25, -0.2) is 0 Å². The number of hydrogen-bond donors (Lipinski definition) is 2. The molecule has 2 N–H and O–H groups in total. The maximum atomic E-state index is 12.3. The number of hydrogen-bond acceptors (Lipinski definition) is 3. The van der Waals surface area contributed by atoms with E-state index < -0.39 is 0 Å². The Bertz CT molecular complexity index is 479. The molecule has 22 heavy (non-hydrogen) atoms. The molecule has 3 rings (SSSR count). The van der Waals surface area contributed by atoms with Gasteiger partial charge in [-0.3, -0.25) is 4.79 Å².